The summed E-state index contributed by atoms with van der Waals surface area (Å²) in [6.07, 6.45) is 7.68. The van der Waals surface area contributed by atoms with Crippen LogP contribution in [0.5, 0.6) is 0 Å². The fraction of sp³-hybridized carbons (Fsp3) is 0.143. The molecule has 19 heavy (non-hydrogen) atoms. The van der Waals surface area contributed by atoms with Crippen molar-refractivity contribution >= 4 is 29.6 Å². The highest BCUT2D eigenvalue weighted by Gasteiger charge is 2.17. The number of aliphatic carboxylic acids is 1. The molecule has 1 aromatic carbocycles. The molecule has 4 nitrogen and oxygen atoms in total. The second-order valence-electron chi connectivity index (χ2n) is 3.66. The van der Waals surface area contributed by atoms with Gasteiger partial charge in [0.05, 0.1) is 0 Å². The summed E-state index contributed by atoms with van der Waals surface area (Å²) >= 11 is 5.91. The summed E-state index contributed by atoms with van der Waals surface area (Å²) in [5, 5.41) is 11.6. The Morgan fingerprint density at radius 3 is 2.74 bits per heavy atom. The quantitative estimate of drug-likeness (QED) is 0.638. The number of hydrogen-bond donors (Lipinski definition) is 2. The molecule has 0 heterocycles. The van der Waals surface area contributed by atoms with E-state index < -0.39 is 17.9 Å². The van der Waals surface area contributed by atoms with Crippen molar-refractivity contribution in [1.29, 1.82) is 0 Å². The van der Waals surface area contributed by atoms with Gasteiger partial charge in [-0.2, -0.15) is 0 Å². The summed E-state index contributed by atoms with van der Waals surface area (Å²) in [6.45, 7) is 0. The van der Waals surface area contributed by atoms with Gasteiger partial charge >= 0.3 is 5.97 Å². The third kappa shape index (κ3) is 4.86. The van der Waals surface area contributed by atoms with Crippen molar-refractivity contribution in [3.8, 4) is 12.3 Å². The SMILES string of the molecule is C#CCC(NC(=O)/C=C/c1ccccc1Cl)C(=O)O. The molecular formula is C14H12ClNO3. The molecule has 1 atom stereocenters. The number of carboxylic acids is 1. The zero-order valence-electron chi connectivity index (χ0n) is 9.97. The molecule has 5 heteroatoms. The number of amides is 1. The molecule has 0 aliphatic heterocycles. The zero-order valence-corrected chi connectivity index (χ0v) is 10.7. The molecule has 0 radical (unpaired) electrons. The summed E-state index contributed by atoms with van der Waals surface area (Å²) in [5.41, 5.74) is 0.670. The van der Waals surface area contributed by atoms with E-state index in [1.165, 1.54) is 12.2 Å². The van der Waals surface area contributed by atoms with Crippen molar-refractivity contribution in [2.75, 3.05) is 0 Å². The van der Waals surface area contributed by atoms with Crippen LogP contribution >= 0.6 is 11.6 Å². The maximum atomic E-state index is 11.5. The van der Waals surface area contributed by atoms with Gasteiger partial charge in [0.2, 0.25) is 5.91 Å². The molecule has 1 unspecified atom stereocenters. The Labute approximate surface area is 116 Å². The van der Waals surface area contributed by atoms with Crippen molar-refractivity contribution in [2.24, 2.45) is 0 Å². The minimum Gasteiger partial charge on any atom is -0.480 e. The van der Waals surface area contributed by atoms with E-state index in [9.17, 15) is 9.59 Å². The van der Waals surface area contributed by atoms with E-state index in [2.05, 4.69) is 11.2 Å². The second-order valence-corrected chi connectivity index (χ2v) is 4.07. The Bertz CT molecular complexity index is 546. The van der Waals surface area contributed by atoms with Crippen molar-refractivity contribution in [1.82, 2.24) is 5.32 Å². The van der Waals surface area contributed by atoms with Gasteiger partial charge in [0.25, 0.3) is 0 Å². The van der Waals surface area contributed by atoms with Crippen LogP contribution in [0.1, 0.15) is 12.0 Å². The lowest BCUT2D eigenvalue weighted by atomic mass is 10.2. The van der Waals surface area contributed by atoms with Gasteiger partial charge in [-0.05, 0) is 17.7 Å². The van der Waals surface area contributed by atoms with E-state index in [4.69, 9.17) is 23.1 Å². The average Bonchev–Trinajstić information content (AvgIpc) is 2.37. The van der Waals surface area contributed by atoms with Crippen molar-refractivity contribution in [2.45, 2.75) is 12.5 Å². The maximum absolute atomic E-state index is 11.5. The van der Waals surface area contributed by atoms with Crippen molar-refractivity contribution < 1.29 is 14.7 Å². The fourth-order valence-corrected chi connectivity index (χ4v) is 1.51. The van der Waals surface area contributed by atoms with Crippen LogP contribution in [0.2, 0.25) is 5.02 Å². The summed E-state index contributed by atoms with van der Waals surface area (Å²) in [7, 11) is 0. The van der Waals surface area contributed by atoms with Gasteiger partial charge in [0, 0.05) is 17.5 Å². The monoisotopic (exact) mass is 277 g/mol. The summed E-state index contributed by atoms with van der Waals surface area (Å²) in [6, 6.07) is 5.89. The lowest BCUT2D eigenvalue weighted by molar-refractivity contribution is -0.141. The highest BCUT2D eigenvalue weighted by Crippen LogP contribution is 2.15. The minimum absolute atomic E-state index is 0.0684. The number of carboxylic acid groups (broad SMARTS) is 1. The lowest BCUT2D eigenvalue weighted by Crippen LogP contribution is -2.39. The van der Waals surface area contributed by atoms with Gasteiger partial charge < -0.3 is 10.4 Å². The predicted molar refractivity (Wildman–Crippen MR) is 73.5 cm³/mol. The maximum Gasteiger partial charge on any atom is 0.327 e. The van der Waals surface area contributed by atoms with Crippen LogP contribution in [0, 0.1) is 12.3 Å². The summed E-state index contributed by atoms with van der Waals surface area (Å²) in [5.74, 6) is 0.488. The first-order chi connectivity index (χ1) is 9.04. The Balaban J connectivity index is 2.68. The average molecular weight is 278 g/mol. The van der Waals surface area contributed by atoms with E-state index in [1.807, 2.05) is 0 Å². The molecule has 0 saturated heterocycles. The molecule has 1 aromatic rings. The Morgan fingerprint density at radius 2 is 2.16 bits per heavy atom. The number of hydrogen-bond acceptors (Lipinski definition) is 2. The first-order valence-corrected chi connectivity index (χ1v) is 5.81. The second kappa shape index (κ2) is 7.24. The normalized spacial score (nSPS) is 11.8. The van der Waals surface area contributed by atoms with E-state index in [-0.39, 0.29) is 6.42 Å². The van der Waals surface area contributed by atoms with Gasteiger partial charge in [0.1, 0.15) is 6.04 Å². The van der Waals surface area contributed by atoms with Crippen molar-refractivity contribution in [3.05, 3.63) is 40.9 Å². The van der Waals surface area contributed by atoms with E-state index in [1.54, 1.807) is 24.3 Å². The van der Waals surface area contributed by atoms with Gasteiger partial charge in [0.15, 0.2) is 0 Å². The Morgan fingerprint density at radius 1 is 1.47 bits per heavy atom. The molecule has 0 saturated carbocycles. The molecule has 1 rings (SSSR count). The van der Waals surface area contributed by atoms with Crippen LogP contribution in [-0.2, 0) is 9.59 Å². The first-order valence-electron chi connectivity index (χ1n) is 5.44. The molecule has 0 bridgehead atoms. The fourth-order valence-electron chi connectivity index (χ4n) is 1.31. The van der Waals surface area contributed by atoms with E-state index in [0.717, 1.165) is 0 Å². The third-order valence-electron chi connectivity index (χ3n) is 2.26. The number of carbonyl (C=O) groups is 2. The van der Waals surface area contributed by atoms with Gasteiger partial charge in [-0.15, -0.1) is 12.3 Å². The molecule has 0 aromatic heterocycles. The van der Waals surface area contributed by atoms with Crippen LogP contribution in [0.3, 0.4) is 0 Å². The predicted octanol–water partition coefficient (Wildman–Crippen LogP) is 1.95. The molecular weight excluding hydrogens is 266 g/mol. The number of halogens is 1. The Hall–Kier alpha value is -2.25. The van der Waals surface area contributed by atoms with Crippen LogP contribution < -0.4 is 5.32 Å². The largest absolute Gasteiger partial charge is 0.480 e. The van der Waals surface area contributed by atoms with Gasteiger partial charge in [-0.1, -0.05) is 29.8 Å². The minimum atomic E-state index is -1.17. The molecule has 0 aliphatic rings. The van der Waals surface area contributed by atoms with Crippen LogP contribution in [-0.4, -0.2) is 23.0 Å². The summed E-state index contributed by atoms with van der Waals surface area (Å²) < 4.78 is 0. The summed E-state index contributed by atoms with van der Waals surface area (Å²) in [4.78, 5) is 22.3. The van der Waals surface area contributed by atoms with E-state index >= 15 is 0 Å². The topological polar surface area (TPSA) is 66.4 Å². The number of benzene rings is 1. The van der Waals surface area contributed by atoms with E-state index in [0.29, 0.717) is 10.6 Å². The lowest BCUT2D eigenvalue weighted by Gasteiger charge is -2.09. The van der Waals surface area contributed by atoms with Gasteiger partial charge in [-0.3, -0.25) is 4.79 Å². The van der Waals surface area contributed by atoms with Crippen LogP contribution in [0.25, 0.3) is 6.08 Å². The molecule has 98 valence electrons. The Kier molecular flexibility index (Phi) is 5.65. The molecule has 0 fully saturated rings. The number of carbonyl (C=O) groups excluding carboxylic acids is 1. The third-order valence-corrected chi connectivity index (χ3v) is 2.60. The highest BCUT2D eigenvalue weighted by atomic mass is 35.5. The zero-order chi connectivity index (χ0) is 14.3. The molecule has 2 N–H and O–H groups in total. The van der Waals surface area contributed by atoms with Crippen LogP contribution in [0.15, 0.2) is 30.3 Å². The smallest absolute Gasteiger partial charge is 0.327 e. The van der Waals surface area contributed by atoms with Crippen molar-refractivity contribution in [3.63, 3.8) is 0 Å². The first kappa shape index (κ1) is 14.8. The van der Waals surface area contributed by atoms with Gasteiger partial charge in [-0.25, -0.2) is 4.79 Å². The number of terminal acetylenes is 1. The molecule has 0 aliphatic carbocycles. The molecule has 0 spiro atoms. The number of nitrogens with one attached hydrogen (secondary N) is 1. The number of rotatable bonds is 5. The van der Waals surface area contributed by atoms with Crippen LogP contribution in [0.4, 0.5) is 0 Å². The molecule has 1 amide bonds. The standard InChI is InChI=1S/C14H12ClNO3/c1-2-5-12(14(18)19)16-13(17)9-8-10-6-3-4-7-11(10)15/h1,3-4,6-9,12H,5H2,(H,16,17)(H,18,19)/b9-8+. The highest BCUT2D eigenvalue weighted by molar-refractivity contribution is 6.32.